The molecule has 9 heteroatoms. The van der Waals surface area contributed by atoms with Crippen LogP contribution in [0, 0.1) is 27.7 Å². The van der Waals surface area contributed by atoms with E-state index in [4.69, 9.17) is 18.9 Å². The topological polar surface area (TPSA) is 105 Å². The molecule has 0 saturated carbocycles. The first-order chi connectivity index (χ1) is 30.4. The second-order valence-electron chi connectivity index (χ2n) is 15.1. The van der Waals surface area contributed by atoms with Crippen LogP contribution in [0.25, 0.3) is 0 Å². The molecule has 8 aromatic rings. The van der Waals surface area contributed by atoms with E-state index in [9.17, 15) is 18.0 Å². The Morgan fingerprint density at radius 2 is 0.571 bits per heavy atom. The lowest BCUT2D eigenvalue weighted by Gasteiger charge is -2.11. The van der Waals surface area contributed by atoms with Gasteiger partial charge in [-0.15, -0.1) is 0 Å². The fourth-order valence-electron chi connectivity index (χ4n) is 6.83. The van der Waals surface area contributed by atoms with Crippen molar-refractivity contribution in [3.63, 3.8) is 0 Å². The zero-order chi connectivity index (χ0) is 44.1. The van der Waals surface area contributed by atoms with E-state index in [1.807, 2.05) is 64.1 Å². The maximum Gasteiger partial charge on any atom is 0.206 e. The predicted molar refractivity (Wildman–Crippen MR) is 243 cm³/mol. The molecule has 0 saturated heterocycles. The van der Waals surface area contributed by atoms with E-state index < -0.39 is 9.84 Å². The Morgan fingerprint density at radius 1 is 0.333 bits per heavy atom. The molecule has 0 fully saturated rings. The molecular weight excluding hydrogens is 809 g/mol. The molecule has 8 nitrogen and oxygen atoms in total. The molecular formula is C54H42O8S. The highest BCUT2D eigenvalue weighted by atomic mass is 32.2. The number of aryl methyl sites for hydroxylation is 4. The summed E-state index contributed by atoms with van der Waals surface area (Å²) >= 11 is 0. The summed E-state index contributed by atoms with van der Waals surface area (Å²) in [6.07, 6.45) is 0. The Balaban J connectivity index is 0.824. The van der Waals surface area contributed by atoms with Gasteiger partial charge in [0.2, 0.25) is 9.84 Å². The van der Waals surface area contributed by atoms with Crippen molar-refractivity contribution in [1.82, 2.24) is 0 Å². The van der Waals surface area contributed by atoms with Gasteiger partial charge in [-0.1, -0.05) is 35.4 Å². The summed E-state index contributed by atoms with van der Waals surface area (Å²) in [6, 6.07) is 52.3. The monoisotopic (exact) mass is 850 g/mol. The highest BCUT2D eigenvalue weighted by Gasteiger charge is 2.19. The standard InChI is InChI=1S/C54H42O8S/c1-35-5-7-37(3)51(33-35)53(55)39-9-13-41(14-10-39)59-43-17-21-45(22-18-43)61-47-25-29-49(30-26-47)63(57,58)50-31-27-48(28-32-50)62-46-23-19-44(20-24-46)60-42-15-11-40(12-16-42)54(56)52-34-36(2)6-8-38(52)4/h5-34H,1-4H3. The molecule has 0 radical (unpaired) electrons. The second kappa shape index (κ2) is 18.1. The molecule has 0 heterocycles. The van der Waals surface area contributed by atoms with Crippen LogP contribution in [0.15, 0.2) is 192 Å². The SMILES string of the molecule is Cc1ccc(C)c(C(=O)c2ccc(Oc3ccc(Oc4ccc(S(=O)(=O)c5ccc(Oc6ccc(Oc7ccc(C(=O)c8cc(C)ccc8C)cc7)cc6)cc5)cc4)cc3)cc2)c1. The van der Waals surface area contributed by atoms with E-state index in [1.54, 1.807) is 121 Å². The molecule has 0 aliphatic carbocycles. The third kappa shape index (κ3) is 9.91. The van der Waals surface area contributed by atoms with Crippen molar-refractivity contribution in [2.75, 3.05) is 0 Å². The maximum atomic E-state index is 13.5. The highest BCUT2D eigenvalue weighted by molar-refractivity contribution is 7.91. The summed E-state index contributed by atoms with van der Waals surface area (Å²) < 4.78 is 50.9. The fourth-order valence-corrected chi connectivity index (χ4v) is 8.09. The van der Waals surface area contributed by atoms with Gasteiger partial charge in [0.25, 0.3) is 0 Å². The molecule has 0 aliphatic heterocycles. The maximum absolute atomic E-state index is 13.5. The minimum absolute atomic E-state index is 0.0353. The summed E-state index contributed by atoms with van der Waals surface area (Å²) in [4.78, 5) is 26.4. The van der Waals surface area contributed by atoms with E-state index in [1.165, 1.54) is 24.3 Å². The van der Waals surface area contributed by atoms with E-state index in [0.717, 1.165) is 22.3 Å². The number of ketones is 2. The van der Waals surface area contributed by atoms with Gasteiger partial charge in [-0.3, -0.25) is 9.59 Å². The Labute approximate surface area is 366 Å². The van der Waals surface area contributed by atoms with Crippen LogP contribution in [-0.2, 0) is 9.84 Å². The van der Waals surface area contributed by atoms with Crippen LogP contribution in [0.5, 0.6) is 46.0 Å². The van der Waals surface area contributed by atoms with E-state index >= 15 is 0 Å². The second-order valence-corrected chi connectivity index (χ2v) is 17.1. The number of carbonyl (C=O) groups excluding carboxylic acids is 2. The van der Waals surface area contributed by atoms with Crippen LogP contribution in [0.4, 0.5) is 0 Å². The normalized spacial score (nSPS) is 11.1. The van der Waals surface area contributed by atoms with Crippen molar-refractivity contribution in [1.29, 1.82) is 0 Å². The molecule has 0 N–H and O–H groups in total. The first-order valence-corrected chi connectivity index (χ1v) is 21.7. The third-order valence-electron chi connectivity index (χ3n) is 10.4. The number of carbonyl (C=O) groups is 2. The number of ether oxygens (including phenoxy) is 4. The number of rotatable bonds is 14. The molecule has 8 aromatic carbocycles. The lowest BCUT2D eigenvalue weighted by Crippen LogP contribution is -2.04. The van der Waals surface area contributed by atoms with Gasteiger partial charge in [-0.05, 0) is 197 Å². The minimum Gasteiger partial charge on any atom is -0.457 e. The molecule has 0 aliphatic rings. The van der Waals surface area contributed by atoms with Gasteiger partial charge in [0.05, 0.1) is 9.79 Å². The predicted octanol–water partition coefficient (Wildman–Crippen LogP) is 13.4. The molecule has 0 unspecified atom stereocenters. The Morgan fingerprint density at radius 3 is 0.841 bits per heavy atom. The molecule has 0 bridgehead atoms. The van der Waals surface area contributed by atoms with Crippen LogP contribution in [0.1, 0.15) is 54.1 Å². The molecule has 312 valence electrons. The van der Waals surface area contributed by atoms with Crippen molar-refractivity contribution in [3.05, 3.63) is 226 Å². The van der Waals surface area contributed by atoms with E-state index in [2.05, 4.69) is 0 Å². The van der Waals surface area contributed by atoms with Crippen molar-refractivity contribution < 1.29 is 37.0 Å². The van der Waals surface area contributed by atoms with Crippen molar-refractivity contribution in [3.8, 4) is 46.0 Å². The van der Waals surface area contributed by atoms with Crippen LogP contribution < -0.4 is 18.9 Å². The largest absolute Gasteiger partial charge is 0.457 e. The zero-order valence-corrected chi connectivity index (χ0v) is 35.8. The van der Waals surface area contributed by atoms with Gasteiger partial charge in [0, 0.05) is 22.3 Å². The first-order valence-electron chi connectivity index (χ1n) is 20.2. The van der Waals surface area contributed by atoms with Crippen LogP contribution >= 0.6 is 0 Å². The van der Waals surface area contributed by atoms with Crippen molar-refractivity contribution >= 4 is 21.4 Å². The number of hydrogen-bond acceptors (Lipinski definition) is 8. The average Bonchev–Trinajstić information content (AvgIpc) is 3.30. The highest BCUT2D eigenvalue weighted by Crippen LogP contribution is 2.32. The fraction of sp³-hybridized carbons (Fsp3) is 0.0741. The Bertz CT molecular complexity index is 2830. The molecule has 63 heavy (non-hydrogen) atoms. The Kier molecular flexibility index (Phi) is 12.0. The number of benzene rings is 8. The van der Waals surface area contributed by atoms with Gasteiger partial charge in [0.1, 0.15) is 46.0 Å². The lowest BCUT2D eigenvalue weighted by molar-refractivity contribution is 0.103. The summed E-state index contributed by atoms with van der Waals surface area (Å²) in [7, 11) is -3.82. The van der Waals surface area contributed by atoms with Crippen molar-refractivity contribution in [2.45, 2.75) is 37.5 Å². The molecule has 0 amide bonds. The quantitative estimate of drug-likeness (QED) is 0.0996. The number of hydrogen-bond donors (Lipinski definition) is 0. The van der Waals surface area contributed by atoms with Gasteiger partial charge in [-0.25, -0.2) is 8.42 Å². The van der Waals surface area contributed by atoms with E-state index in [0.29, 0.717) is 68.2 Å². The van der Waals surface area contributed by atoms with Crippen LogP contribution in [-0.4, -0.2) is 20.0 Å². The van der Waals surface area contributed by atoms with Gasteiger partial charge in [0.15, 0.2) is 11.6 Å². The summed E-state index contributed by atoms with van der Waals surface area (Å²) in [5.74, 6) is 4.27. The summed E-state index contributed by atoms with van der Waals surface area (Å²) in [6.45, 7) is 7.79. The minimum atomic E-state index is -3.82. The molecule has 0 spiro atoms. The third-order valence-corrected chi connectivity index (χ3v) is 12.2. The summed E-state index contributed by atoms with van der Waals surface area (Å²) in [5, 5.41) is 0. The van der Waals surface area contributed by atoms with Crippen molar-refractivity contribution in [2.24, 2.45) is 0 Å². The average molecular weight is 851 g/mol. The lowest BCUT2D eigenvalue weighted by atomic mass is 9.97. The van der Waals surface area contributed by atoms with Crippen LogP contribution in [0.2, 0.25) is 0 Å². The van der Waals surface area contributed by atoms with Gasteiger partial charge in [-0.2, -0.15) is 0 Å². The smallest absolute Gasteiger partial charge is 0.206 e. The van der Waals surface area contributed by atoms with Crippen LogP contribution in [0.3, 0.4) is 0 Å². The molecule has 8 rings (SSSR count). The first kappa shape index (κ1) is 42.0. The Hall–Kier alpha value is -7.75. The summed E-state index contributed by atoms with van der Waals surface area (Å²) in [5.41, 5.74) is 6.46. The zero-order valence-electron chi connectivity index (χ0n) is 35.0. The molecule has 0 atom stereocenters. The molecule has 0 aromatic heterocycles. The number of sulfone groups is 1. The van der Waals surface area contributed by atoms with E-state index in [-0.39, 0.29) is 21.4 Å². The van der Waals surface area contributed by atoms with Gasteiger partial charge < -0.3 is 18.9 Å². The van der Waals surface area contributed by atoms with Gasteiger partial charge >= 0.3 is 0 Å².